The van der Waals surface area contributed by atoms with E-state index < -0.39 is 120 Å². The van der Waals surface area contributed by atoms with E-state index in [0.29, 0.717) is 18.4 Å². The number of amides is 8. The minimum atomic E-state index is -1.71. The fourth-order valence-electron chi connectivity index (χ4n) is 7.42. The van der Waals surface area contributed by atoms with Crippen LogP contribution in [-0.4, -0.2) is 135 Å². The Morgan fingerprint density at radius 1 is 0.909 bits per heavy atom. The third-order valence-corrected chi connectivity index (χ3v) is 11.7. The fraction of sp³-hybridized carbons (Fsp3) is 0.674. The number of ether oxygens (including phenoxy) is 1. The van der Waals surface area contributed by atoms with Gasteiger partial charge in [0.1, 0.15) is 54.3 Å². The van der Waals surface area contributed by atoms with Crippen LogP contribution >= 0.6 is 0 Å². The van der Waals surface area contributed by atoms with Crippen molar-refractivity contribution >= 4 is 53.7 Å². The van der Waals surface area contributed by atoms with Crippen LogP contribution in [0.4, 0.5) is 0 Å². The second-order valence-electron chi connectivity index (χ2n) is 18.5. The monoisotopic (exact) mass is 931 g/mol. The van der Waals surface area contributed by atoms with Gasteiger partial charge < -0.3 is 57.1 Å². The zero-order valence-corrected chi connectivity index (χ0v) is 40.3. The highest BCUT2D eigenvalue weighted by molar-refractivity contribution is 5.96. The summed E-state index contributed by atoms with van der Waals surface area (Å²) in [5.41, 5.74) is 5.90. The van der Waals surface area contributed by atoms with Crippen molar-refractivity contribution in [3.8, 4) is 5.75 Å². The Morgan fingerprint density at radius 3 is 2.06 bits per heavy atom. The Hall–Kier alpha value is -5.79. The summed E-state index contributed by atoms with van der Waals surface area (Å²) in [7, 11) is 1.36. The number of primary amides is 1. The van der Waals surface area contributed by atoms with Crippen molar-refractivity contribution in [1.82, 2.24) is 36.4 Å². The number of likely N-dealkylation sites (N-methyl/N-ethyl adjacent to an activating group) is 1. The highest BCUT2D eigenvalue weighted by Gasteiger charge is 2.41. The molecule has 0 aliphatic carbocycles. The van der Waals surface area contributed by atoms with Crippen LogP contribution in [0.15, 0.2) is 24.3 Å². The Balaban J connectivity index is 2.83. The van der Waals surface area contributed by atoms with Gasteiger partial charge in [-0.05, 0) is 75.0 Å². The van der Waals surface area contributed by atoms with Gasteiger partial charge in [-0.15, -0.1) is 0 Å². The van der Waals surface area contributed by atoms with E-state index >= 15 is 0 Å². The number of aliphatic hydroxyl groups is 1. The van der Waals surface area contributed by atoms with Gasteiger partial charge in [0, 0.05) is 31.8 Å². The lowest BCUT2D eigenvalue weighted by Crippen LogP contribution is -2.61. The van der Waals surface area contributed by atoms with E-state index in [1.807, 2.05) is 13.8 Å². The number of nitrogens with one attached hydrogen (secondary N) is 5. The van der Waals surface area contributed by atoms with Crippen LogP contribution in [0.5, 0.6) is 5.75 Å². The molecule has 8 amide bonds. The first kappa shape index (κ1) is 56.3. The number of phenolic OH excluding ortho intramolecular Hbond substituents is 1. The molecule has 0 spiro atoms. The van der Waals surface area contributed by atoms with E-state index in [0.717, 1.165) is 9.80 Å². The number of benzene rings is 1. The van der Waals surface area contributed by atoms with E-state index in [2.05, 4.69) is 26.6 Å². The maximum atomic E-state index is 14.6. The van der Waals surface area contributed by atoms with Crippen LogP contribution in [0, 0.1) is 23.7 Å². The Morgan fingerprint density at radius 2 is 1.53 bits per heavy atom. The number of rotatable bonds is 15. The van der Waals surface area contributed by atoms with Crippen LogP contribution in [0.25, 0.3) is 0 Å². The Bertz CT molecular complexity index is 1840. The molecule has 9 N–H and O–H groups in total. The maximum absolute atomic E-state index is 14.6. The summed E-state index contributed by atoms with van der Waals surface area (Å²) in [6, 6.07) is -2.97. The first-order chi connectivity index (χ1) is 30.8. The van der Waals surface area contributed by atoms with Crippen LogP contribution in [0.1, 0.15) is 113 Å². The van der Waals surface area contributed by atoms with Gasteiger partial charge in [0.25, 0.3) is 0 Å². The summed E-state index contributed by atoms with van der Waals surface area (Å²) in [4.78, 5) is 125. The second kappa shape index (κ2) is 26.4. The number of carbonyl (C=O) groups is 9. The quantitative estimate of drug-likeness (QED) is 0.0893. The number of nitrogens with two attached hydrogens (primary N) is 1. The molecule has 2 unspecified atom stereocenters. The highest BCUT2D eigenvalue weighted by Crippen LogP contribution is 2.22. The lowest BCUT2D eigenvalue weighted by Gasteiger charge is -2.38. The molecule has 0 radical (unpaired) electrons. The summed E-state index contributed by atoms with van der Waals surface area (Å²) >= 11 is 0. The third kappa shape index (κ3) is 16.9. The van der Waals surface area contributed by atoms with Crippen molar-refractivity contribution in [2.24, 2.45) is 29.4 Å². The molecular weight excluding hydrogens is 857 g/mol. The molecule has 1 aliphatic rings. The van der Waals surface area contributed by atoms with Crippen molar-refractivity contribution in [2.45, 2.75) is 169 Å². The Kier molecular flexibility index (Phi) is 22.5. The molecule has 66 heavy (non-hydrogen) atoms. The number of hydrogen-bond acceptors (Lipinski definition) is 12. The van der Waals surface area contributed by atoms with Gasteiger partial charge in [-0.1, -0.05) is 73.9 Å². The average Bonchev–Trinajstić information content (AvgIpc) is 3.24. The van der Waals surface area contributed by atoms with Crippen molar-refractivity contribution < 1.29 is 58.1 Å². The summed E-state index contributed by atoms with van der Waals surface area (Å²) in [6.45, 7) is 16.6. The van der Waals surface area contributed by atoms with Gasteiger partial charge >= 0.3 is 5.97 Å². The van der Waals surface area contributed by atoms with Crippen molar-refractivity contribution in [3.63, 3.8) is 0 Å². The van der Waals surface area contributed by atoms with E-state index in [4.69, 9.17) is 10.5 Å². The van der Waals surface area contributed by atoms with Crippen molar-refractivity contribution in [2.75, 3.05) is 7.05 Å². The molecular formula is C46H74N8O12. The molecule has 10 atom stereocenters. The van der Waals surface area contributed by atoms with Crippen molar-refractivity contribution in [3.05, 3.63) is 29.8 Å². The van der Waals surface area contributed by atoms with Gasteiger partial charge in [-0.2, -0.15) is 0 Å². The number of carbonyl (C=O) groups excluding carboxylic acids is 9. The Labute approximate surface area is 388 Å². The minimum Gasteiger partial charge on any atom is -0.508 e. The molecule has 370 valence electrons. The minimum absolute atomic E-state index is 0.0438. The van der Waals surface area contributed by atoms with Gasteiger partial charge in [-0.25, -0.2) is 4.79 Å². The van der Waals surface area contributed by atoms with E-state index in [1.165, 1.54) is 26.1 Å². The molecule has 20 heteroatoms. The number of nitrogens with zero attached hydrogens (tertiary/aromatic N) is 2. The number of aromatic hydroxyl groups is 1. The molecule has 0 saturated carbocycles. The molecule has 0 aromatic heterocycles. The van der Waals surface area contributed by atoms with Gasteiger partial charge in [0.15, 0.2) is 0 Å². The second-order valence-corrected chi connectivity index (χ2v) is 18.5. The van der Waals surface area contributed by atoms with Crippen LogP contribution < -0.4 is 32.3 Å². The first-order valence-electron chi connectivity index (χ1n) is 22.8. The SMILES string of the molecule is CCC(C)[C@@H]1NC(=O)[C@H](Cc2ccc(O)cc2)N(C)C(=O)[C@H](C(C)C)N(C=O)[C@@H](O)CCC(C)NC(=O)[C@H](CC(C)C)NC(=O)[C@@H](NC(=O)[C@H](CCC(N)=O)NC(=O)C(C)C)[C@@H](C)OC1=O. The highest BCUT2D eigenvalue weighted by atomic mass is 16.5. The number of phenols is 1. The van der Waals surface area contributed by atoms with Gasteiger partial charge in [0.05, 0.1) is 0 Å². The maximum Gasteiger partial charge on any atom is 0.329 e. The lowest BCUT2D eigenvalue weighted by atomic mass is 9.96. The normalized spacial score (nSPS) is 25.5. The van der Waals surface area contributed by atoms with Crippen LogP contribution in [0.2, 0.25) is 0 Å². The fourth-order valence-corrected chi connectivity index (χ4v) is 7.42. The largest absolute Gasteiger partial charge is 0.508 e. The summed E-state index contributed by atoms with van der Waals surface area (Å²) in [5.74, 6) is -8.22. The van der Waals surface area contributed by atoms with E-state index in [-0.39, 0.29) is 50.2 Å². The molecule has 1 fully saturated rings. The number of hydrogen-bond donors (Lipinski definition) is 8. The van der Waals surface area contributed by atoms with Crippen LogP contribution in [-0.2, 0) is 54.3 Å². The molecule has 1 aromatic rings. The van der Waals surface area contributed by atoms with Crippen molar-refractivity contribution in [1.29, 1.82) is 0 Å². The topological polar surface area (TPSA) is 296 Å². The molecule has 1 aliphatic heterocycles. The molecule has 1 saturated heterocycles. The molecule has 0 bridgehead atoms. The standard InChI is InChI=1S/C46H74N8O12/c1-12-27(8)37-46(65)66-29(10)38(52-41(60)32(18-19-35(47)57)49-40(59)26(6)7)44(63)50-33(21-24(2)3)42(61)48-28(9)13-20-36(58)54(23-55)39(25(4)5)45(64)53(11)34(43(62)51-37)22-30-14-16-31(56)17-15-30/h14-17,23-29,32-34,36-39,56,58H,12-13,18-22H2,1-11H3,(H2,47,57)(H,48,61)(H,49,59)(H,50,63)(H,51,62)(H,52,60)/t27?,28?,29-,32+,33+,34+,36+,37+,38+,39+/m1/s1. The average molecular weight is 931 g/mol. The van der Waals surface area contributed by atoms with Crippen LogP contribution in [0.3, 0.4) is 0 Å². The molecule has 20 nitrogen and oxygen atoms in total. The van der Waals surface area contributed by atoms with E-state index in [9.17, 15) is 53.4 Å². The summed E-state index contributed by atoms with van der Waals surface area (Å²) in [5, 5.41) is 34.8. The lowest BCUT2D eigenvalue weighted by molar-refractivity contribution is -0.159. The zero-order chi connectivity index (χ0) is 50.2. The zero-order valence-electron chi connectivity index (χ0n) is 40.3. The predicted octanol–water partition coefficient (Wildman–Crippen LogP) is 0.746. The molecule has 1 heterocycles. The van der Waals surface area contributed by atoms with E-state index in [1.54, 1.807) is 60.6 Å². The third-order valence-electron chi connectivity index (χ3n) is 11.7. The molecule has 1 aromatic carbocycles. The molecule has 2 rings (SSSR count). The number of esters is 1. The number of cyclic esters (lactones) is 1. The smallest absolute Gasteiger partial charge is 0.329 e. The first-order valence-corrected chi connectivity index (χ1v) is 22.8. The summed E-state index contributed by atoms with van der Waals surface area (Å²) < 4.78 is 5.90. The predicted molar refractivity (Wildman–Crippen MR) is 243 cm³/mol. The van der Waals surface area contributed by atoms with Gasteiger partial charge in [0.2, 0.25) is 47.8 Å². The number of aliphatic hydroxyl groups excluding tert-OH is 1. The summed E-state index contributed by atoms with van der Waals surface area (Å²) in [6.07, 6.45) is -2.84. The van der Waals surface area contributed by atoms with Gasteiger partial charge in [-0.3, -0.25) is 38.4 Å².